The quantitative estimate of drug-likeness (QED) is 0.459. The number of aliphatic imine (C=N–C) groups is 1. The standard InChI is InChI=1S/C20H31N3OS/c1-21-19(22-12-7-17-8-13-24-14-9-17)23-16-20(10-3-2-4-11-20)18-6-5-15-25-18/h5-6,8,15H,2-4,7,9-14,16H2,1H3,(H2,21,22,23). The van der Waals surface area contributed by atoms with E-state index in [1.54, 1.807) is 0 Å². The normalized spacial score (nSPS) is 20.8. The highest BCUT2D eigenvalue weighted by atomic mass is 32.1. The lowest BCUT2D eigenvalue weighted by molar-refractivity contribution is 0.153. The monoisotopic (exact) mass is 361 g/mol. The molecule has 1 aromatic rings. The summed E-state index contributed by atoms with van der Waals surface area (Å²) >= 11 is 1.90. The number of guanidine groups is 1. The third kappa shape index (κ3) is 5.08. The fourth-order valence-corrected chi connectivity index (χ4v) is 4.91. The van der Waals surface area contributed by atoms with Crippen LogP contribution in [0, 0.1) is 0 Å². The van der Waals surface area contributed by atoms with Crippen molar-refractivity contribution in [2.24, 2.45) is 4.99 Å². The van der Waals surface area contributed by atoms with E-state index in [2.05, 4.69) is 39.2 Å². The van der Waals surface area contributed by atoms with Crippen molar-refractivity contribution < 1.29 is 4.74 Å². The van der Waals surface area contributed by atoms with Crippen LogP contribution in [-0.4, -0.2) is 39.3 Å². The molecule has 0 radical (unpaired) electrons. The van der Waals surface area contributed by atoms with Crippen molar-refractivity contribution >= 4 is 17.3 Å². The van der Waals surface area contributed by atoms with Crippen LogP contribution in [0.25, 0.3) is 0 Å². The molecule has 2 N–H and O–H groups in total. The molecule has 1 aliphatic carbocycles. The Morgan fingerprint density at radius 3 is 2.84 bits per heavy atom. The third-order valence-electron chi connectivity index (χ3n) is 5.47. The predicted molar refractivity (Wildman–Crippen MR) is 107 cm³/mol. The van der Waals surface area contributed by atoms with Crippen molar-refractivity contribution in [3.8, 4) is 0 Å². The molecular formula is C20H31N3OS. The molecular weight excluding hydrogens is 330 g/mol. The van der Waals surface area contributed by atoms with Gasteiger partial charge in [0.15, 0.2) is 5.96 Å². The second-order valence-electron chi connectivity index (χ2n) is 7.11. The Morgan fingerprint density at radius 1 is 1.28 bits per heavy atom. The predicted octanol–water partition coefficient (Wildman–Crippen LogP) is 3.85. The van der Waals surface area contributed by atoms with Gasteiger partial charge in [-0.25, -0.2) is 0 Å². The number of rotatable bonds is 6. The number of thiophene rings is 1. The molecule has 0 atom stereocenters. The fraction of sp³-hybridized carbons (Fsp3) is 0.650. The summed E-state index contributed by atoms with van der Waals surface area (Å²) in [5.41, 5.74) is 1.78. The average Bonchev–Trinajstić information content (AvgIpc) is 3.21. The summed E-state index contributed by atoms with van der Waals surface area (Å²) in [5, 5.41) is 9.30. The summed E-state index contributed by atoms with van der Waals surface area (Å²) in [7, 11) is 1.86. The maximum atomic E-state index is 5.37. The highest BCUT2D eigenvalue weighted by molar-refractivity contribution is 7.10. The van der Waals surface area contributed by atoms with Crippen LogP contribution in [0.5, 0.6) is 0 Å². The SMILES string of the molecule is CN=C(NCCC1=CCOCC1)NCC1(c2cccs2)CCCCC1. The Hall–Kier alpha value is -1.33. The first-order chi connectivity index (χ1) is 12.3. The number of ether oxygens (including phenoxy) is 1. The van der Waals surface area contributed by atoms with Crippen LogP contribution in [0.3, 0.4) is 0 Å². The van der Waals surface area contributed by atoms with Crippen molar-refractivity contribution in [1.29, 1.82) is 0 Å². The number of hydrogen-bond donors (Lipinski definition) is 2. The molecule has 0 saturated heterocycles. The van der Waals surface area contributed by atoms with E-state index in [-0.39, 0.29) is 5.41 Å². The van der Waals surface area contributed by atoms with Gasteiger partial charge in [0.2, 0.25) is 0 Å². The zero-order valence-corrected chi connectivity index (χ0v) is 16.2. The lowest BCUT2D eigenvalue weighted by atomic mass is 9.73. The van der Waals surface area contributed by atoms with Gasteiger partial charge >= 0.3 is 0 Å². The van der Waals surface area contributed by atoms with Crippen molar-refractivity contribution in [2.75, 3.05) is 33.4 Å². The molecule has 5 heteroatoms. The first kappa shape index (κ1) is 18.5. The van der Waals surface area contributed by atoms with E-state index in [1.165, 1.54) is 42.6 Å². The molecule has 25 heavy (non-hydrogen) atoms. The molecule has 0 unspecified atom stereocenters. The molecule has 4 nitrogen and oxygen atoms in total. The van der Waals surface area contributed by atoms with Crippen molar-refractivity contribution in [2.45, 2.75) is 50.4 Å². The van der Waals surface area contributed by atoms with E-state index >= 15 is 0 Å². The van der Waals surface area contributed by atoms with Gasteiger partial charge in [-0.15, -0.1) is 11.3 Å². The Balaban J connectivity index is 1.51. The Bertz CT molecular complexity index is 574. The van der Waals surface area contributed by atoms with E-state index < -0.39 is 0 Å². The van der Waals surface area contributed by atoms with Crippen LogP contribution in [0.15, 0.2) is 34.2 Å². The maximum Gasteiger partial charge on any atom is 0.191 e. The lowest BCUT2D eigenvalue weighted by Gasteiger charge is -2.37. The summed E-state index contributed by atoms with van der Waals surface area (Å²) < 4.78 is 5.37. The summed E-state index contributed by atoms with van der Waals surface area (Å²) in [6, 6.07) is 4.50. The summed E-state index contributed by atoms with van der Waals surface area (Å²) in [6.07, 6.45) is 11.0. The molecule has 2 heterocycles. The van der Waals surface area contributed by atoms with Gasteiger partial charge in [0.1, 0.15) is 0 Å². The van der Waals surface area contributed by atoms with Gasteiger partial charge in [-0.05, 0) is 37.1 Å². The van der Waals surface area contributed by atoms with Crippen LogP contribution in [-0.2, 0) is 10.2 Å². The van der Waals surface area contributed by atoms with Gasteiger partial charge in [-0.1, -0.05) is 37.0 Å². The highest BCUT2D eigenvalue weighted by Crippen LogP contribution is 2.41. The van der Waals surface area contributed by atoms with Crippen molar-refractivity contribution in [1.82, 2.24) is 10.6 Å². The molecule has 0 aromatic carbocycles. The van der Waals surface area contributed by atoms with Gasteiger partial charge < -0.3 is 15.4 Å². The van der Waals surface area contributed by atoms with Crippen LogP contribution < -0.4 is 10.6 Å². The largest absolute Gasteiger partial charge is 0.377 e. The number of nitrogens with one attached hydrogen (secondary N) is 2. The molecule has 3 rings (SSSR count). The van der Waals surface area contributed by atoms with E-state index in [4.69, 9.17) is 4.74 Å². The van der Waals surface area contributed by atoms with Crippen LogP contribution in [0.4, 0.5) is 0 Å². The molecule has 1 fully saturated rings. The van der Waals surface area contributed by atoms with Crippen molar-refractivity contribution in [3.63, 3.8) is 0 Å². The van der Waals surface area contributed by atoms with E-state index in [0.717, 1.165) is 45.1 Å². The fourth-order valence-electron chi connectivity index (χ4n) is 3.93. The Labute approximate surface area is 155 Å². The number of nitrogens with zero attached hydrogens (tertiary/aromatic N) is 1. The molecule has 0 amide bonds. The molecule has 0 spiro atoms. The van der Waals surface area contributed by atoms with Gasteiger partial charge in [0.05, 0.1) is 13.2 Å². The Morgan fingerprint density at radius 2 is 2.16 bits per heavy atom. The van der Waals surface area contributed by atoms with Gasteiger partial charge in [0, 0.05) is 30.4 Å². The molecule has 0 bridgehead atoms. The van der Waals surface area contributed by atoms with E-state index in [0.29, 0.717) is 0 Å². The molecule has 1 saturated carbocycles. The van der Waals surface area contributed by atoms with E-state index in [1.807, 2.05) is 18.4 Å². The highest BCUT2D eigenvalue weighted by Gasteiger charge is 2.34. The van der Waals surface area contributed by atoms with Crippen LogP contribution >= 0.6 is 11.3 Å². The minimum Gasteiger partial charge on any atom is -0.377 e. The Kier molecular flexibility index (Phi) is 6.93. The maximum absolute atomic E-state index is 5.37. The second kappa shape index (κ2) is 9.39. The van der Waals surface area contributed by atoms with Gasteiger partial charge in [-0.2, -0.15) is 0 Å². The first-order valence-corrected chi connectivity index (χ1v) is 10.4. The molecule has 1 aliphatic heterocycles. The minimum absolute atomic E-state index is 0.285. The van der Waals surface area contributed by atoms with E-state index in [9.17, 15) is 0 Å². The average molecular weight is 362 g/mol. The summed E-state index contributed by atoms with van der Waals surface area (Å²) in [5.74, 6) is 0.925. The molecule has 1 aromatic heterocycles. The van der Waals surface area contributed by atoms with Crippen LogP contribution in [0.1, 0.15) is 49.8 Å². The summed E-state index contributed by atoms with van der Waals surface area (Å²) in [4.78, 5) is 5.95. The lowest BCUT2D eigenvalue weighted by Crippen LogP contribution is -2.46. The van der Waals surface area contributed by atoms with Crippen molar-refractivity contribution in [3.05, 3.63) is 34.0 Å². The zero-order chi connectivity index (χ0) is 17.4. The first-order valence-electron chi connectivity index (χ1n) is 9.57. The number of hydrogen-bond acceptors (Lipinski definition) is 3. The minimum atomic E-state index is 0.285. The molecule has 2 aliphatic rings. The molecule has 138 valence electrons. The summed E-state index contributed by atoms with van der Waals surface area (Å²) in [6.45, 7) is 3.54. The van der Waals surface area contributed by atoms with Gasteiger partial charge in [0.25, 0.3) is 0 Å². The smallest absolute Gasteiger partial charge is 0.191 e. The van der Waals surface area contributed by atoms with Gasteiger partial charge in [-0.3, -0.25) is 4.99 Å². The van der Waals surface area contributed by atoms with Crippen LogP contribution in [0.2, 0.25) is 0 Å². The third-order valence-corrected chi connectivity index (χ3v) is 6.58. The zero-order valence-electron chi connectivity index (χ0n) is 15.4. The second-order valence-corrected chi connectivity index (χ2v) is 8.06. The topological polar surface area (TPSA) is 45.7 Å².